The average Bonchev–Trinajstić information content (AvgIpc) is 2.36. The van der Waals surface area contributed by atoms with Crippen molar-refractivity contribution in [3.8, 4) is 0 Å². The number of alkyl halides is 3. The van der Waals surface area contributed by atoms with E-state index in [4.69, 9.17) is 21.1 Å². The molecule has 3 atom stereocenters. The second-order valence-corrected chi connectivity index (χ2v) is 3.76. The number of hydrogen-bond acceptors (Lipinski definition) is 2. The van der Waals surface area contributed by atoms with Crippen molar-refractivity contribution in [2.75, 3.05) is 13.7 Å². The molecule has 0 aliphatic heterocycles. The van der Waals surface area contributed by atoms with Crippen LogP contribution in [0.25, 0.3) is 0 Å². The molecule has 0 bridgehead atoms. The quantitative estimate of drug-likeness (QED) is 0.561. The largest absolute Gasteiger partial charge is 0.348 e. The first-order chi connectivity index (χ1) is 5.03. The Morgan fingerprint density at radius 1 is 1.73 bits per heavy atom. The van der Waals surface area contributed by atoms with Gasteiger partial charge in [0.25, 0.3) is 5.13 Å². The van der Waals surface area contributed by atoms with E-state index in [9.17, 15) is 4.39 Å². The smallest absolute Gasteiger partial charge is 0.255 e. The van der Waals surface area contributed by atoms with Gasteiger partial charge in [0.1, 0.15) is 4.83 Å². The first kappa shape index (κ1) is 9.71. The number of methoxy groups -OCH3 is 1. The molecule has 0 aromatic heterocycles. The predicted octanol–water partition coefficient (Wildman–Crippen LogP) is 2.05. The Hall–Kier alpha value is 0.620. The topological polar surface area (TPSA) is 18.5 Å². The van der Waals surface area contributed by atoms with Gasteiger partial charge in [0.2, 0.25) is 5.79 Å². The predicted molar refractivity (Wildman–Crippen MR) is 43.8 cm³/mol. The van der Waals surface area contributed by atoms with Crippen molar-refractivity contribution in [2.24, 2.45) is 0 Å². The van der Waals surface area contributed by atoms with Crippen LogP contribution in [-0.4, -0.2) is 29.5 Å². The fourth-order valence-electron chi connectivity index (χ4n) is 1.00. The molecule has 0 spiro atoms. The normalized spacial score (nSPS) is 49.4. The number of halogens is 3. The first-order valence-electron chi connectivity index (χ1n) is 3.24. The minimum absolute atomic E-state index is 0.369. The van der Waals surface area contributed by atoms with Crippen molar-refractivity contribution in [1.29, 1.82) is 0 Å². The Morgan fingerprint density at radius 2 is 2.18 bits per heavy atom. The van der Waals surface area contributed by atoms with Crippen LogP contribution in [0.3, 0.4) is 0 Å². The van der Waals surface area contributed by atoms with Crippen molar-refractivity contribution in [1.82, 2.24) is 0 Å². The van der Waals surface area contributed by atoms with Crippen LogP contribution in [0.1, 0.15) is 6.92 Å². The summed E-state index contributed by atoms with van der Waals surface area (Å²) < 4.78 is 23.0. The third-order valence-electron chi connectivity index (χ3n) is 1.70. The van der Waals surface area contributed by atoms with Crippen LogP contribution in [0, 0.1) is 0 Å². The molecular formula is C6H9BrClFO2. The van der Waals surface area contributed by atoms with Gasteiger partial charge in [-0.15, -0.1) is 0 Å². The van der Waals surface area contributed by atoms with E-state index in [-0.39, 0.29) is 0 Å². The zero-order chi connectivity index (χ0) is 8.70. The summed E-state index contributed by atoms with van der Waals surface area (Å²) in [6.07, 6.45) is 0. The molecular weight excluding hydrogens is 238 g/mol. The van der Waals surface area contributed by atoms with E-state index in [0.717, 1.165) is 0 Å². The van der Waals surface area contributed by atoms with Crippen LogP contribution in [0.4, 0.5) is 4.39 Å². The summed E-state index contributed by atoms with van der Waals surface area (Å²) in [5.74, 6) is -1.29. The molecule has 11 heavy (non-hydrogen) atoms. The van der Waals surface area contributed by atoms with Crippen LogP contribution in [-0.2, 0) is 9.47 Å². The molecule has 0 N–H and O–H groups in total. The molecule has 0 amide bonds. The molecule has 3 unspecified atom stereocenters. The second kappa shape index (κ2) is 2.83. The zero-order valence-corrected chi connectivity index (χ0v) is 8.58. The minimum atomic E-state index is -1.93. The highest BCUT2D eigenvalue weighted by Crippen LogP contribution is 2.61. The Labute approximate surface area is 78.1 Å². The van der Waals surface area contributed by atoms with E-state index < -0.39 is 15.7 Å². The number of ether oxygens (including phenoxy) is 2. The summed E-state index contributed by atoms with van der Waals surface area (Å²) in [6, 6.07) is 0. The van der Waals surface area contributed by atoms with E-state index in [1.54, 1.807) is 6.92 Å². The van der Waals surface area contributed by atoms with Crippen molar-refractivity contribution in [3.63, 3.8) is 0 Å². The Bertz CT molecular complexity index is 167. The lowest BCUT2D eigenvalue weighted by Crippen LogP contribution is -2.25. The van der Waals surface area contributed by atoms with Gasteiger partial charge in [0.05, 0.1) is 0 Å². The molecule has 1 fully saturated rings. The molecule has 0 aromatic carbocycles. The first-order valence-corrected chi connectivity index (χ1v) is 4.53. The fourth-order valence-corrected chi connectivity index (χ4v) is 2.30. The number of hydrogen-bond donors (Lipinski definition) is 0. The fraction of sp³-hybridized carbons (Fsp3) is 1.00. The third kappa shape index (κ3) is 1.11. The highest BCUT2D eigenvalue weighted by molar-refractivity contribution is 9.09. The van der Waals surface area contributed by atoms with Gasteiger partial charge in [-0.05, 0) is 6.92 Å². The van der Waals surface area contributed by atoms with Crippen LogP contribution in [0.2, 0.25) is 0 Å². The molecule has 1 saturated carbocycles. The molecule has 0 saturated heterocycles. The molecule has 0 aromatic rings. The molecule has 1 aliphatic carbocycles. The molecule has 2 nitrogen and oxygen atoms in total. The van der Waals surface area contributed by atoms with Crippen molar-refractivity contribution in [3.05, 3.63) is 0 Å². The summed E-state index contributed by atoms with van der Waals surface area (Å²) in [5, 5.41) is -1.93. The third-order valence-corrected chi connectivity index (χ3v) is 3.67. The second-order valence-electron chi connectivity index (χ2n) is 2.29. The zero-order valence-electron chi connectivity index (χ0n) is 6.23. The van der Waals surface area contributed by atoms with Crippen LogP contribution < -0.4 is 0 Å². The SMILES string of the molecule is CCOC1(OC)C(Br)C1(F)Cl. The molecule has 66 valence electrons. The maximum atomic E-state index is 13.2. The van der Waals surface area contributed by atoms with E-state index in [0.29, 0.717) is 6.61 Å². The van der Waals surface area contributed by atoms with E-state index in [1.807, 2.05) is 0 Å². The lowest BCUT2D eigenvalue weighted by Gasteiger charge is -2.14. The molecule has 0 radical (unpaired) electrons. The van der Waals surface area contributed by atoms with Crippen molar-refractivity contribution in [2.45, 2.75) is 22.7 Å². The molecule has 1 rings (SSSR count). The van der Waals surface area contributed by atoms with Crippen molar-refractivity contribution >= 4 is 27.5 Å². The van der Waals surface area contributed by atoms with Crippen LogP contribution in [0.15, 0.2) is 0 Å². The highest BCUT2D eigenvalue weighted by atomic mass is 79.9. The standard InChI is InChI=1S/C6H9BrClFO2/c1-3-11-6(10-2)4(7)5(6,8)9/h4H,3H2,1-2H3. The monoisotopic (exact) mass is 246 g/mol. The van der Waals surface area contributed by atoms with E-state index in [1.165, 1.54) is 7.11 Å². The van der Waals surface area contributed by atoms with Crippen LogP contribution in [0.5, 0.6) is 0 Å². The van der Waals surface area contributed by atoms with Gasteiger partial charge in [-0.1, -0.05) is 27.5 Å². The maximum absolute atomic E-state index is 13.2. The van der Waals surface area contributed by atoms with Crippen LogP contribution >= 0.6 is 27.5 Å². The lowest BCUT2D eigenvalue weighted by atomic mass is 10.6. The Balaban J connectivity index is 2.67. The van der Waals surface area contributed by atoms with Gasteiger partial charge in [0, 0.05) is 13.7 Å². The average molecular weight is 247 g/mol. The minimum Gasteiger partial charge on any atom is -0.348 e. The maximum Gasteiger partial charge on any atom is 0.255 e. The van der Waals surface area contributed by atoms with E-state index >= 15 is 0 Å². The summed E-state index contributed by atoms with van der Waals surface area (Å²) >= 11 is 8.46. The van der Waals surface area contributed by atoms with Gasteiger partial charge in [0.15, 0.2) is 0 Å². The summed E-state index contributed by atoms with van der Waals surface area (Å²) in [5.41, 5.74) is 0. The molecule has 1 aliphatic rings. The molecule has 5 heteroatoms. The van der Waals surface area contributed by atoms with Gasteiger partial charge in [-0.3, -0.25) is 0 Å². The summed E-state index contributed by atoms with van der Waals surface area (Å²) in [4.78, 5) is -0.589. The van der Waals surface area contributed by atoms with E-state index in [2.05, 4.69) is 15.9 Å². The summed E-state index contributed by atoms with van der Waals surface area (Å²) in [7, 11) is 1.37. The van der Waals surface area contributed by atoms with Crippen molar-refractivity contribution < 1.29 is 13.9 Å². The van der Waals surface area contributed by atoms with Gasteiger partial charge in [-0.25, -0.2) is 4.39 Å². The van der Waals surface area contributed by atoms with Gasteiger partial charge >= 0.3 is 0 Å². The van der Waals surface area contributed by atoms with Gasteiger partial charge < -0.3 is 9.47 Å². The van der Waals surface area contributed by atoms with Gasteiger partial charge in [-0.2, -0.15) is 0 Å². The molecule has 0 heterocycles. The highest BCUT2D eigenvalue weighted by Gasteiger charge is 2.81. The Kier molecular flexibility index (Phi) is 2.50. The Morgan fingerprint density at radius 3 is 2.27 bits per heavy atom. The number of rotatable bonds is 3. The summed E-state index contributed by atoms with van der Waals surface area (Å²) in [6.45, 7) is 2.13. The lowest BCUT2D eigenvalue weighted by molar-refractivity contribution is -0.162.